The molecule has 0 unspecified atom stereocenters. The smallest absolute Gasteiger partial charge is 0.190 e. The fourth-order valence-corrected chi connectivity index (χ4v) is 3.63. The van der Waals surface area contributed by atoms with Gasteiger partial charge in [0.2, 0.25) is 0 Å². The lowest BCUT2D eigenvalue weighted by molar-refractivity contribution is 0.178. The summed E-state index contributed by atoms with van der Waals surface area (Å²) in [6.45, 7) is 4.93. The van der Waals surface area contributed by atoms with Crippen LogP contribution in [0.15, 0.2) is 52.1 Å². The molecule has 7 heteroatoms. The van der Waals surface area contributed by atoms with E-state index in [2.05, 4.69) is 32.7 Å². The number of nitrogens with one attached hydrogen (secondary N) is 2. The molecule has 0 saturated carbocycles. The maximum atomic E-state index is 6.28. The highest BCUT2D eigenvalue weighted by molar-refractivity contribution is 14.0. The molecule has 0 atom stereocenters. The van der Waals surface area contributed by atoms with E-state index in [9.17, 15) is 0 Å². The number of piperidine rings is 1. The normalized spacial score (nSPS) is 15.9. The number of rotatable bonds is 7. The molecule has 2 heterocycles. The first-order valence-corrected chi connectivity index (χ1v) is 10.0. The van der Waals surface area contributed by atoms with Gasteiger partial charge in [0.1, 0.15) is 5.76 Å². The molecule has 0 amide bonds. The Kier molecular flexibility index (Phi) is 10.2. The van der Waals surface area contributed by atoms with Gasteiger partial charge in [-0.3, -0.25) is 9.89 Å². The van der Waals surface area contributed by atoms with E-state index in [4.69, 9.17) is 16.0 Å². The molecule has 0 radical (unpaired) electrons. The van der Waals surface area contributed by atoms with E-state index >= 15 is 0 Å². The minimum Gasteiger partial charge on any atom is -0.469 e. The van der Waals surface area contributed by atoms with Crippen molar-refractivity contribution in [3.8, 4) is 0 Å². The first-order valence-electron chi connectivity index (χ1n) is 9.67. The molecule has 1 aromatic heterocycles. The molecular formula is C21H30ClIN4O. The Balaban J connectivity index is 0.00000280. The van der Waals surface area contributed by atoms with Gasteiger partial charge in [0.15, 0.2) is 5.96 Å². The van der Waals surface area contributed by atoms with Crippen molar-refractivity contribution in [2.24, 2.45) is 10.9 Å². The van der Waals surface area contributed by atoms with Gasteiger partial charge in [-0.15, -0.1) is 24.0 Å². The standard InChI is InChI=1S/C21H29ClN4O.HI/c1-23-21(24-11-8-19-6-4-14-27-19)25-15-17-9-12-26(13-10-17)16-18-5-2-3-7-20(18)22;/h2-7,14,17H,8-13,15-16H2,1H3,(H2,23,24,25);1H. The summed E-state index contributed by atoms with van der Waals surface area (Å²) in [4.78, 5) is 6.80. The van der Waals surface area contributed by atoms with Crippen LogP contribution in [0, 0.1) is 5.92 Å². The van der Waals surface area contributed by atoms with Crippen molar-refractivity contribution in [2.45, 2.75) is 25.8 Å². The lowest BCUT2D eigenvalue weighted by Gasteiger charge is -2.32. The van der Waals surface area contributed by atoms with Gasteiger partial charge in [-0.25, -0.2) is 0 Å². The number of furan rings is 1. The summed E-state index contributed by atoms with van der Waals surface area (Å²) >= 11 is 6.28. The summed E-state index contributed by atoms with van der Waals surface area (Å²) in [6.07, 6.45) is 4.95. The Morgan fingerprint density at radius 3 is 2.64 bits per heavy atom. The van der Waals surface area contributed by atoms with Crippen LogP contribution in [0.4, 0.5) is 0 Å². The largest absolute Gasteiger partial charge is 0.469 e. The quantitative estimate of drug-likeness (QED) is 0.329. The van der Waals surface area contributed by atoms with Crippen molar-refractivity contribution in [1.29, 1.82) is 0 Å². The summed E-state index contributed by atoms with van der Waals surface area (Å²) in [5, 5.41) is 7.68. The molecule has 5 nitrogen and oxygen atoms in total. The van der Waals surface area contributed by atoms with E-state index < -0.39 is 0 Å². The van der Waals surface area contributed by atoms with Gasteiger partial charge in [-0.2, -0.15) is 0 Å². The van der Waals surface area contributed by atoms with Crippen molar-refractivity contribution < 1.29 is 4.42 Å². The summed E-state index contributed by atoms with van der Waals surface area (Å²) in [7, 11) is 1.81. The molecule has 0 bridgehead atoms. The molecule has 0 aliphatic carbocycles. The second-order valence-electron chi connectivity index (χ2n) is 7.02. The Bertz CT molecular complexity index is 715. The molecule has 154 valence electrons. The van der Waals surface area contributed by atoms with Gasteiger partial charge in [-0.1, -0.05) is 29.8 Å². The Hall–Kier alpha value is -1.25. The highest BCUT2D eigenvalue weighted by Gasteiger charge is 2.20. The van der Waals surface area contributed by atoms with Crippen molar-refractivity contribution in [3.63, 3.8) is 0 Å². The maximum Gasteiger partial charge on any atom is 0.190 e. The third kappa shape index (κ3) is 7.29. The first kappa shape index (κ1) is 23.0. The van der Waals surface area contributed by atoms with Gasteiger partial charge < -0.3 is 15.1 Å². The molecule has 28 heavy (non-hydrogen) atoms. The van der Waals surface area contributed by atoms with Crippen LogP contribution in [0.5, 0.6) is 0 Å². The number of benzene rings is 1. The van der Waals surface area contributed by atoms with Crippen LogP contribution in [-0.2, 0) is 13.0 Å². The summed E-state index contributed by atoms with van der Waals surface area (Å²) in [5.74, 6) is 2.53. The third-order valence-electron chi connectivity index (χ3n) is 5.08. The molecule has 2 aromatic rings. The second kappa shape index (κ2) is 12.3. The van der Waals surface area contributed by atoms with Crippen molar-refractivity contribution >= 4 is 41.5 Å². The van der Waals surface area contributed by atoms with Crippen molar-refractivity contribution in [3.05, 3.63) is 59.0 Å². The number of hydrogen-bond donors (Lipinski definition) is 2. The van der Waals surface area contributed by atoms with E-state index in [-0.39, 0.29) is 24.0 Å². The fourth-order valence-electron chi connectivity index (χ4n) is 3.44. The average molecular weight is 517 g/mol. The van der Waals surface area contributed by atoms with Crippen LogP contribution >= 0.6 is 35.6 Å². The lowest BCUT2D eigenvalue weighted by atomic mass is 9.96. The van der Waals surface area contributed by atoms with E-state index in [1.54, 1.807) is 6.26 Å². The minimum absolute atomic E-state index is 0. The molecule has 1 aliphatic rings. The monoisotopic (exact) mass is 516 g/mol. The SMILES string of the molecule is CN=C(NCCc1ccco1)NCC1CCN(Cc2ccccc2Cl)CC1.I. The Labute approximate surface area is 189 Å². The summed E-state index contributed by atoms with van der Waals surface area (Å²) < 4.78 is 5.35. The van der Waals surface area contributed by atoms with Crippen molar-refractivity contribution in [2.75, 3.05) is 33.2 Å². The van der Waals surface area contributed by atoms with E-state index in [0.29, 0.717) is 5.92 Å². The van der Waals surface area contributed by atoms with Crippen LogP contribution in [0.1, 0.15) is 24.2 Å². The maximum absolute atomic E-state index is 6.28. The van der Waals surface area contributed by atoms with Crippen molar-refractivity contribution in [1.82, 2.24) is 15.5 Å². The molecule has 0 spiro atoms. The molecule has 1 aromatic carbocycles. The minimum atomic E-state index is 0. The molecule has 1 saturated heterocycles. The van der Waals surface area contributed by atoms with Crippen LogP contribution in [0.2, 0.25) is 5.02 Å². The number of nitrogens with zero attached hydrogens (tertiary/aromatic N) is 2. The van der Waals surface area contributed by atoms with Crippen LogP contribution in [0.3, 0.4) is 0 Å². The predicted molar refractivity (Wildman–Crippen MR) is 127 cm³/mol. The highest BCUT2D eigenvalue weighted by Crippen LogP contribution is 2.21. The molecule has 1 aliphatic heterocycles. The summed E-state index contributed by atoms with van der Waals surface area (Å²) in [6, 6.07) is 12.0. The van der Waals surface area contributed by atoms with Gasteiger partial charge in [0, 0.05) is 38.1 Å². The van der Waals surface area contributed by atoms with Gasteiger partial charge in [-0.05, 0) is 55.6 Å². The van der Waals surface area contributed by atoms with E-state index in [0.717, 1.165) is 55.9 Å². The second-order valence-corrected chi connectivity index (χ2v) is 7.43. The van der Waals surface area contributed by atoms with Gasteiger partial charge in [0.25, 0.3) is 0 Å². The number of guanidine groups is 1. The van der Waals surface area contributed by atoms with Gasteiger partial charge >= 0.3 is 0 Å². The zero-order valence-corrected chi connectivity index (χ0v) is 19.5. The summed E-state index contributed by atoms with van der Waals surface area (Å²) in [5.41, 5.74) is 1.22. The number of aliphatic imine (C=N–C) groups is 1. The van der Waals surface area contributed by atoms with Crippen LogP contribution in [0.25, 0.3) is 0 Å². The Morgan fingerprint density at radius 1 is 1.18 bits per heavy atom. The number of hydrogen-bond acceptors (Lipinski definition) is 3. The third-order valence-corrected chi connectivity index (χ3v) is 5.45. The molecule has 3 rings (SSSR count). The topological polar surface area (TPSA) is 52.8 Å². The van der Waals surface area contributed by atoms with Crippen LogP contribution in [-0.4, -0.2) is 44.1 Å². The Morgan fingerprint density at radius 2 is 1.96 bits per heavy atom. The van der Waals surface area contributed by atoms with E-state index in [1.165, 1.54) is 18.4 Å². The van der Waals surface area contributed by atoms with Crippen LogP contribution < -0.4 is 10.6 Å². The zero-order chi connectivity index (χ0) is 18.9. The fraction of sp³-hybridized carbons (Fsp3) is 0.476. The number of likely N-dealkylation sites (tertiary alicyclic amines) is 1. The molecule has 2 N–H and O–H groups in total. The number of halogens is 2. The lowest BCUT2D eigenvalue weighted by Crippen LogP contribution is -2.43. The van der Waals surface area contributed by atoms with Gasteiger partial charge in [0.05, 0.1) is 6.26 Å². The molecular weight excluding hydrogens is 487 g/mol. The molecule has 1 fully saturated rings. The predicted octanol–water partition coefficient (Wildman–Crippen LogP) is 4.17. The van der Waals surface area contributed by atoms with E-state index in [1.807, 2.05) is 31.3 Å². The zero-order valence-electron chi connectivity index (χ0n) is 16.4. The first-order chi connectivity index (χ1) is 13.2. The highest BCUT2D eigenvalue weighted by atomic mass is 127. The average Bonchev–Trinajstić information content (AvgIpc) is 3.21.